The summed E-state index contributed by atoms with van der Waals surface area (Å²) in [6.07, 6.45) is 4.23. The second-order valence-corrected chi connectivity index (χ2v) is 17.0. The van der Waals surface area contributed by atoms with Gasteiger partial charge in [0.15, 0.2) is 0 Å². The fraction of sp³-hybridized carbons (Fsp3) is 0.383. The highest BCUT2D eigenvalue weighted by molar-refractivity contribution is 7.13. The van der Waals surface area contributed by atoms with Gasteiger partial charge in [0.25, 0.3) is 0 Å². The molecule has 0 aliphatic carbocycles. The number of piperazine rings is 1. The Morgan fingerprint density at radius 2 is 1.76 bits per heavy atom. The topological polar surface area (TPSA) is 145 Å². The van der Waals surface area contributed by atoms with Crippen molar-refractivity contribution in [2.75, 3.05) is 78.6 Å². The molecule has 2 aliphatic rings. The Labute approximate surface area is 376 Å². The first-order valence-corrected chi connectivity index (χ1v) is 22.3. The van der Waals surface area contributed by atoms with Crippen LogP contribution in [0.2, 0.25) is 5.02 Å². The number of carboxylic acids is 1. The maximum Gasteiger partial charge on any atom is 0.345 e. The summed E-state index contributed by atoms with van der Waals surface area (Å²) in [5.74, 6) is 1.45. The van der Waals surface area contributed by atoms with E-state index < -0.39 is 12.1 Å². The number of para-hydroxylation sites is 1. The molecule has 0 bridgehead atoms. The van der Waals surface area contributed by atoms with Crippen molar-refractivity contribution in [2.24, 2.45) is 0 Å². The Kier molecular flexibility index (Phi) is 14.2. The van der Waals surface area contributed by atoms with E-state index in [-0.39, 0.29) is 25.0 Å². The molecule has 16 heteroatoms. The van der Waals surface area contributed by atoms with E-state index >= 15 is 0 Å². The molecular formula is C47H52ClN7O7S. The van der Waals surface area contributed by atoms with Gasteiger partial charge in [-0.05, 0) is 85.4 Å². The van der Waals surface area contributed by atoms with Crippen molar-refractivity contribution >= 4 is 45.1 Å². The third kappa shape index (κ3) is 10.3. The highest BCUT2D eigenvalue weighted by atomic mass is 35.5. The van der Waals surface area contributed by atoms with Crippen LogP contribution >= 0.6 is 23.1 Å². The summed E-state index contributed by atoms with van der Waals surface area (Å²) in [5, 5.41) is 11.8. The molecule has 2 aliphatic heterocycles. The first-order chi connectivity index (χ1) is 30.7. The zero-order valence-corrected chi connectivity index (χ0v) is 37.5. The van der Waals surface area contributed by atoms with Crippen LogP contribution in [-0.2, 0) is 22.6 Å². The first kappa shape index (κ1) is 44.0. The average Bonchev–Trinajstić information content (AvgIpc) is 3.73. The zero-order valence-electron chi connectivity index (χ0n) is 36.0. The lowest BCUT2D eigenvalue weighted by atomic mass is 9.93. The van der Waals surface area contributed by atoms with Crippen LogP contribution in [0.1, 0.15) is 29.7 Å². The SMILES string of the molecule is COc1cccc(-c2ncc3snc(O[C@H](Cc4ccccc4OCc4ccnc(N5CCC(OC)CC5)n4)C(=O)O)c3c2-c2ccc(OCCN3CCN(C)CC3)c(Cl)c2C)c1. The molecule has 1 atom stereocenters. The number of pyridine rings is 1. The van der Waals surface area contributed by atoms with Gasteiger partial charge in [-0.2, -0.15) is 4.37 Å². The number of piperidine rings is 1. The van der Waals surface area contributed by atoms with Gasteiger partial charge in [-0.25, -0.2) is 14.8 Å². The number of rotatable bonds is 17. The van der Waals surface area contributed by atoms with Crippen molar-refractivity contribution in [3.8, 4) is 45.5 Å². The minimum Gasteiger partial charge on any atom is -0.497 e. The lowest BCUT2D eigenvalue weighted by Crippen LogP contribution is -2.45. The van der Waals surface area contributed by atoms with E-state index in [2.05, 4.69) is 26.7 Å². The van der Waals surface area contributed by atoms with Gasteiger partial charge in [0, 0.05) is 82.9 Å². The smallest absolute Gasteiger partial charge is 0.345 e. The molecule has 0 spiro atoms. The number of fused-ring (bicyclic) bond motifs is 1. The molecule has 3 aromatic carbocycles. The van der Waals surface area contributed by atoms with Gasteiger partial charge in [-0.1, -0.05) is 48.0 Å². The molecule has 8 rings (SSSR count). The summed E-state index contributed by atoms with van der Waals surface area (Å²) in [7, 11) is 5.51. The molecule has 5 heterocycles. The largest absolute Gasteiger partial charge is 0.497 e. The van der Waals surface area contributed by atoms with Crippen molar-refractivity contribution in [1.29, 1.82) is 0 Å². The lowest BCUT2D eigenvalue weighted by Gasteiger charge is -2.32. The maximum absolute atomic E-state index is 13.1. The Hall–Kier alpha value is -5.58. The van der Waals surface area contributed by atoms with Gasteiger partial charge in [-0.3, -0.25) is 9.88 Å². The summed E-state index contributed by atoms with van der Waals surface area (Å²) in [6, 6.07) is 20.7. The molecule has 6 aromatic rings. The van der Waals surface area contributed by atoms with E-state index in [9.17, 15) is 9.90 Å². The normalized spacial score (nSPS) is 15.7. The zero-order chi connectivity index (χ0) is 43.9. The number of aromatic nitrogens is 4. The van der Waals surface area contributed by atoms with E-state index in [1.165, 1.54) is 11.5 Å². The number of methoxy groups -OCH3 is 2. The highest BCUT2D eigenvalue weighted by Crippen LogP contribution is 2.46. The molecule has 3 aromatic heterocycles. The van der Waals surface area contributed by atoms with Crippen LogP contribution in [0.3, 0.4) is 0 Å². The number of ether oxygens (including phenoxy) is 5. The maximum atomic E-state index is 13.1. The summed E-state index contributed by atoms with van der Waals surface area (Å²) in [6.45, 7) is 9.10. The van der Waals surface area contributed by atoms with E-state index in [0.717, 1.165) is 80.0 Å². The average molecular weight is 894 g/mol. The van der Waals surface area contributed by atoms with Crippen LogP contribution in [-0.4, -0.2) is 126 Å². The summed E-state index contributed by atoms with van der Waals surface area (Å²) >= 11 is 8.30. The number of nitrogens with zero attached hydrogens (tertiary/aromatic N) is 7. The fourth-order valence-corrected chi connectivity index (χ4v) is 8.95. The number of halogens is 1. The summed E-state index contributed by atoms with van der Waals surface area (Å²) < 4.78 is 35.5. The molecule has 2 saturated heterocycles. The highest BCUT2D eigenvalue weighted by Gasteiger charge is 2.28. The van der Waals surface area contributed by atoms with Crippen LogP contribution < -0.4 is 23.8 Å². The molecule has 2 fully saturated rings. The van der Waals surface area contributed by atoms with Crippen LogP contribution in [0, 0.1) is 6.92 Å². The number of likely N-dealkylation sites (N-methyl/N-ethyl adjacent to an activating group) is 1. The Morgan fingerprint density at radius 1 is 0.952 bits per heavy atom. The van der Waals surface area contributed by atoms with Crippen LogP contribution in [0.4, 0.5) is 5.95 Å². The van der Waals surface area contributed by atoms with Gasteiger partial charge in [0.2, 0.25) is 17.9 Å². The Bertz CT molecular complexity index is 2530. The monoisotopic (exact) mass is 893 g/mol. The Balaban J connectivity index is 1.07. The van der Waals surface area contributed by atoms with E-state index in [1.807, 2.05) is 73.7 Å². The second-order valence-electron chi connectivity index (χ2n) is 15.8. The number of anilines is 1. The van der Waals surface area contributed by atoms with Gasteiger partial charge in [0.05, 0.1) is 39.7 Å². The molecule has 330 valence electrons. The minimum absolute atomic E-state index is 0.00216. The van der Waals surface area contributed by atoms with Crippen molar-refractivity contribution in [1.82, 2.24) is 29.1 Å². The quantitative estimate of drug-likeness (QED) is 0.0956. The summed E-state index contributed by atoms with van der Waals surface area (Å²) in [5.41, 5.74) is 5.04. The number of hydrogen-bond donors (Lipinski definition) is 1. The molecular weight excluding hydrogens is 842 g/mol. The van der Waals surface area contributed by atoms with Crippen LogP contribution in [0.25, 0.3) is 32.5 Å². The third-order valence-corrected chi connectivity index (χ3v) is 13.0. The third-order valence-electron chi connectivity index (χ3n) is 11.8. The standard InChI is InChI=1S/C47H52ClN7O7S/c1-30-36(12-13-38(43(30)48)60-25-24-54-22-20-53(2)21-23-54)41-42-40(28-50-44(41)32-9-7-10-35(26-32)59-4)63-52-45(42)62-39(46(56)57)27-31-8-5-6-11-37(31)61-29-33-14-17-49-47(51-33)55-18-15-34(58-3)16-19-55/h5-14,17,26,28,34,39H,15-16,18-25,27,29H2,1-4H3,(H,56,57)/t39-/m1/s1. The lowest BCUT2D eigenvalue weighted by molar-refractivity contribution is -0.145. The van der Waals surface area contributed by atoms with Gasteiger partial charge >= 0.3 is 5.97 Å². The molecule has 0 amide bonds. The molecule has 1 N–H and O–H groups in total. The van der Waals surface area contributed by atoms with Crippen LogP contribution in [0.15, 0.2) is 79.1 Å². The second kappa shape index (κ2) is 20.3. The van der Waals surface area contributed by atoms with Gasteiger partial charge in [0.1, 0.15) is 30.5 Å². The number of hydrogen-bond acceptors (Lipinski definition) is 14. The first-order valence-electron chi connectivity index (χ1n) is 21.1. The van der Waals surface area contributed by atoms with Crippen LogP contribution in [0.5, 0.6) is 23.1 Å². The Morgan fingerprint density at radius 3 is 2.54 bits per heavy atom. The minimum atomic E-state index is -1.32. The predicted molar refractivity (Wildman–Crippen MR) is 245 cm³/mol. The number of benzene rings is 3. The molecule has 0 saturated carbocycles. The number of carboxylic acid groups (broad SMARTS) is 1. The fourth-order valence-electron chi connectivity index (χ4n) is 8.03. The van der Waals surface area contributed by atoms with Crippen molar-refractivity contribution < 1.29 is 33.6 Å². The number of aliphatic carboxylic acids is 1. The van der Waals surface area contributed by atoms with E-state index in [4.69, 9.17) is 49.6 Å². The molecule has 0 radical (unpaired) electrons. The van der Waals surface area contributed by atoms with E-state index in [0.29, 0.717) is 62.7 Å². The number of carbonyl (C=O) groups is 1. The molecule has 14 nitrogen and oxygen atoms in total. The predicted octanol–water partition coefficient (Wildman–Crippen LogP) is 7.68. The van der Waals surface area contributed by atoms with Crippen molar-refractivity contribution in [3.63, 3.8) is 0 Å². The molecule has 0 unspecified atom stereocenters. The van der Waals surface area contributed by atoms with Crippen molar-refractivity contribution in [3.05, 3.63) is 101 Å². The van der Waals surface area contributed by atoms with E-state index in [1.54, 1.807) is 26.6 Å². The summed E-state index contributed by atoms with van der Waals surface area (Å²) in [4.78, 5) is 34.2. The van der Waals surface area contributed by atoms with Crippen molar-refractivity contribution in [2.45, 2.75) is 45.0 Å². The van der Waals surface area contributed by atoms with Gasteiger partial charge < -0.3 is 38.6 Å². The van der Waals surface area contributed by atoms with Gasteiger partial charge in [-0.15, -0.1) is 0 Å². The molecule has 63 heavy (non-hydrogen) atoms.